The zero-order chi connectivity index (χ0) is 11.2. The molecule has 0 atom stereocenters. The molecule has 0 unspecified atom stereocenters. The summed E-state index contributed by atoms with van der Waals surface area (Å²) in [7, 11) is 0. The first-order valence-electron chi connectivity index (χ1n) is 5.76. The molecule has 1 fully saturated rings. The maximum atomic E-state index is 12.8. The molecule has 0 amide bonds. The van der Waals surface area contributed by atoms with Gasteiger partial charge in [0.2, 0.25) is 5.95 Å². The van der Waals surface area contributed by atoms with E-state index in [1.165, 1.54) is 6.07 Å². The van der Waals surface area contributed by atoms with Crippen molar-refractivity contribution >= 4 is 0 Å². The van der Waals surface area contributed by atoms with Crippen LogP contribution in [0.3, 0.4) is 0 Å². The Morgan fingerprint density at radius 2 is 2.12 bits per heavy atom. The van der Waals surface area contributed by atoms with E-state index in [0.717, 1.165) is 51.4 Å². The fourth-order valence-electron chi connectivity index (χ4n) is 1.90. The van der Waals surface area contributed by atoms with Gasteiger partial charge in [-0.15, -0.1) is 0 Å². The topological polar surface area (TPSA) is 25.4 Å². The summed E-state index contributed by atoms with van der Waals surface area (Å²) < 4.78 is 18.1. The first-order chi connectivity index (χ1) is 7.84. The van der Waals surface area contributed by atoms with Crippen LogP contribution >= 0.6 is 0 Å². The van der Waals surface area contributed by atoms with Crippen LogP contribution in [-0.2, 0) is 11.2 Å². The van der Waals surface area contributed by atoms with Crippen LogP contribution in [0.15, 0.2) is 18.2 Å². The minimum Gasteiger partial charge on any atom is -0.379 e. The maximum absolute atomic E-state index is 12.8. The van der Waals surface area contributed by atoms with E-state index in [-0.39, 0.29) is 5.95 Å². The van der Waals surface area contributed by atoms with Gasteiger partial charge in [0.05, 0.1) is 13.2 Å². The third-order valence-corrected chi connectivity index (χ3v) is 2.78. The van der Waals surface area contributed by atoms with Gasteiger partial charge in [-0.1, -0.05) is 6.07 Å². The molecule has 0 aromatic carbocycles. The third kappa shape index (κ3) is 3.54. The van der Waals surface area contributed by atoms with Crippen molar-refractivity contribution in [2.75, 3.05) is 32.8 Å². The molecule has 88 valence electrons. The summed E-state index contributed by atoms with van der Waals surface area (Å²) in [5.41, 5.74) is 0.841. The van der Waals surface area contributed by atoms with E-state index < -0.39 is 0 Å². The van der Waals surface area contributed by atoms with E-state index in [1.54, 1.807) is 6.07 Å². The second-order valence-corrected chi connectivity index (χ2v) is 4.01. The third-order valence-electron chi connectivity index (χ3n) is 2.78. The lowest BCUT2D eigenvalue weighted by atomic mass is 10.2. The van der Waals surface area contributed by atoms with E-state index in [2.05, 4.69) is 9.88 Å². The van der Waals surface area contributed by atoms with Crippen molar-refractivity contribution in [3.63, 3.8) is 0 Å². The number of morpholine rings is 1. The van der Waals surface area contributed by atoms with Gasteiger partial charge in [0, 0.05) is 18.8 Å². The van der Waals surface area contributed by atoms with Gasteiger partial charge in [0.1, 0.15) is 0 Å². The molecule has 0 aliphatic carbocycles. The highest BCUT2D eigenvalue weighted by Crippen LogP contribution is 2.04. The second kappa shape index (κ2) is 5.92. The molecule has 0 radical (unpaired) electrons. The predicted octanol–water partition coefficient (Wildman–Crippen LogP) is 1.49. The summed E-state index contributed by atoms with van der Waals surface area (Å²) in [5, 5.41) is 0. The predicted molar refractivity (Wildman–Crippen MR) is 59.8 cm³/mol. The summed E-state index contributed by atoms with van der Waals surface area (Å²) >= 11 is 0. The Balaban J connectivity index is 1.71. The van der Waals surface area contributed by atoms with Crippen LogP contribution in [0.25, 0.3) is 0 Å². The van der Waals surface area contributed by atoms with E-state index in [4.69, 9.17) is 4.74 Å². The molecule has 1 aliphatic heterocycles. The Kier molecular flexibility index (Phi) is 4.25. The van der Waals surface area contributed by atoms with E-state index in [9.17, 15) is 4.39 Å². The van der Waals surface area contributed by atoms with Crippen LogP contribution < -0.4 is 0 Å². The van der Waals surface area contributed by atoms with Crippen molar-refractivity contribution in [1.29, 1.82) is 0 Å². The van der Waals surface area contributed by atoms with Crippen LogP contribution in [0, 0.1) is 5.95 Å². The Morgan fingerprint density at radius 3 is 2.88 bits per heavy atom. The number of hydrogen-bond donors (Lipinski definition) is 0. The average Bonchev–Trinajstić information content (AvgIpc) is 2.30. The van der Waals surface area contributed by atoms with Crippen LogP contribution in [0.4, 0.5) is 4.39 Å². The zero-order valence-corrected chi connectivity index (χ0v) is 9.36. The second-order valence-electron chi connectivity index (χ2n) is 4.01. The standard InChI is InChI=1S/C12H17FN2O/c13-12-5-1-3-11(14-12)4-2-6-15-7-9-16-10-8-15/h1,3,5H,2,4,6-10H2. The molecule has 3 nitrogen and oxygen atoms in total. The number of halogens is 1. The quantitative estimate of drug-likeness (QED) is 0.724. The zero-order valence-electron chi connectivity index (χ0n) is 9.36. The normalized spacial score (nSPS) is 17.6. The van der Waals surface area contributed by atoms with Crippen molar-refractivity contribution in [3.05, 3.63) is 29.8 Å². The minimum atomic E-state index is -0.385. The molecule has 0 bridgehead atoms. The molecule has 1 saturated heterocycles. The van der Waals surface area contributed by atoms with Crippen molar-refractivity contribution in [2.24, 2.45) is 0 Å². The van der Waals surface area contributed by atoms with E-state index in [1.807, 2.05) is 6.07 Å². The summed E-state index contributed by atoms with van der Waals surface area (Å²) in [6, 6.07) is 4.97. The monoisotopic (exact) mass is 224 g/mol. The number of aryl methyl sites for hydroxylation is 1. The molecule has 4 heteroatoms. The molecular weight excluding hydrogens is 207 g/mol. The molecule has 0 spiro atoms. The SMILES string of the molecule is Fc1cccc(CCCN2CCOCC2)n1. The lowest BCUT2D eigenvalue weighted by molar-refractivity contribution is 0.0374. The maximum Gasteiger partial charge on any atom is 0.213 e. The smallest absolute Gasteiger partial charge is 0.213 e. The van der Waals surface area contributed by atoms with Crippen LogP contribution in [0.5, 0.6) is 0 Å². The number of nitrogens with zero attached hydrogens (tertiary/aromatic N) is 2. The lowest BCUT2D eigenvalue weighted by Gasteiger charge is -2.26. The van der Waals surface area contributed by atoms with Crippen molar-refractivity contribution < 1.29 is 9.13 Å². The summed E-state index contributed by atoms with van der Waals surface area (Å²) in [6.45, 7) is 4.73. The Bertz CT molecular complexity index is 327. The van der Waals surface area contributed by atoms with Crippen molar-refractivity contribution in [2.45, 2.75) is 12.8 Å². The Labute approximate surface area is 95.2 Å². The van der Waals surface area contributed by atoms with Gasteiger partial charge in [-0.05, 0) is 31.5 Å². The highest BCUT2D eigenvalue weighted by molar-refractivity contribution is 5.04. The highest BCUT2D eigenvalue weighted by Gasteiger charge is 2.09. The van der Waals surface area contributed by atoms with Gasteiger partial charge < -0.3 is 4.74 Å². The number of aromatic nitrogens is 1. The first-order valence-corrected chi connectivity index (χ1v) is 5.76. The first kappa shape index (κ1) is 11.5. The molecule has 1 aliphatic rings. The molecule has 1 aromatic rings. The van der Waals surface area contributed by atoms with E-state index >= 15 is 0 Å². The molecule has 2 heterocycles. The van der Waals surface area contributed by atoms with Crippen LogP contribution in [-0.4, -0.2) is 42.7 Å². The molecule has 16 heavy (non-hydrogen) atoms. The van der Waals surface area contributed by atoms with Gasteiger partial charge in [-0.25, -0.2) is 4.98 Å². The van der Waals surface area contributed by atoms with Crippen molar-refractivity contribution in [1.82, 2.24) is 9.88 Å². The van der Waals surface area contributed by atoms with E-state index in [0.29, 0.717) is 0 Å². The highest BCUT2D eigenvalue weighted by atomic mass is 19.1. The summed E-state index contributed by atoms with van der Waals surface area (Å²) in [6.07, 6.45) is 1.87. The largest absolute Gasteiger partial charge is 0.379 e. The fraction of sp³-hybridized carbons (Fsp3) is 0.583. The average molecular weight is 224 g/mol. The Morgan fingerprint density at radius 1 is 1.31 bits per heavy atom. The molecule has 0 saturated carbocycles. The fourth-order valence-corrected chi connectivity index (χ4v) is 1.90. The van der Waals surface area contributed by atoms with Gasteiger partial charge in [-0.3, -0.25) is 4.90 Å². The number of ether oxygens (including phenoxy) is 1. The lowest BCUT2D eigenvalue weighted by Crippen LogP contribution is -2.36. The number of pyridine rings is 1. The van der Waals surface area contributed by atoms with Crippen LogP contribution in [0.2, 0.25) is 0 Å². The van der Waals surface area contributed by atoms with Crippen LogP contribution in [0.1, 0.15) is 12.1 Å². The Hall–Kier alpha value is -1.00. The van der Waals surface area contributed by atoms with Gasteiger partial charge in [0.15, 0.2) is 0 Å². The molecule has 0 N–H and O–H groups in total. The number of hydrogen-bond acceptors (Lipinski definition) is 3. The molecule has 1 aromatic heterocycles. The van der Waals surface area contributed by atoms with Crippen molar-refractivity contribution in [3.8, 4) is 0 Å². The summed E-state index contributed by atoms with van der Waals surface area (Å²) in [4.78, 5) is 6.22. The number of rotatable bonds is 4. The minimum absolute atomic E-state index is 0.385. The summed E-state index contributed by atoms with van der Waals surface area (Å²) in [5.74, 6) is -0.385. The van der Waals surface area contributed by atoms with Gasteiger partial charge in [0.25, 0.3) is 0 Å². The molecule has 2 rings (SSSR count). The molecular formula is C12H17FN2O. The van der Waals surface area contributed by atoms with Gasteiger partial charge >= 0.3 is 0 Å². The van der Waals surface area contributed by atoms with Gasteiger partial charge in [-0.2, -0.15) is 4.39 Å².